The second kappa shape index (κ2) is 5.63. The molecule has 0 aliphatic carbocycles. The molecule has 0 amide bonds. The van der Waals surface area contributed by atoms with Gasteiger partial charge in [0.25, 0.3) is 0 Å². The van der Waals surface area contributed by atoms with Crippen LogP contribution in [0.1, 0.15) is 29.5 Å². The van der Waals surface area contributed by atoms with Gasteiger partial charge in [-0.25, -0.2) is 9.98 Å². The molecule has 2 aromatic heterocycles. The molecule has 9 nitrogen and oxygen atoms in total. The van der Waals surface area contributed by atoms with Crippen LogP contribution in [-0.2, 0) is 7.05 Å². The highest BCUT2D eigenvalue weighted by molar-refractivity contribution is 5.95. The van der Waals surface area contributed by atoms with Crippen molar-refractivity contribution in [1.82, 2.24) is 19.3 Å². The highest BCUT2D eigenvalue weighted by Crippen LogP contribution is 2.39. The van der Waals surface area contributed by atoms with E-state index in [-0.39, 0.29) is 6.17 Å². The van der Waals surface area contributed by atoms with Gasteiger partial charge in [-0.05, 0) is 13.8 Å². The van der Waals surface area contributed by atoms with Crippen LogP contribution in [0.5, 0.6) is 11.5 Å². The summed E-state index contributed by atoms with van der Waals surface area (Å²) < 4.78 is 15.6. The van der Waals surface area contributed by atoms with Crippen molar-refractivity contribution in [3.05, 3.63) is 29.1 Å². The number of aryl methyl sites for hydroxylation is 2. The van der Waals surface area contributed by atoms with Gasteiger partial charge in [0, 0.05) is 36.9 Å². The summed E-state index contributed by atoms with van der Waals surface area (Å²) >= 11 is 0. The summed E-state index contributed by atoms with van der Waals surface area (Å²) in [7, 11) is 1.93. The highest BCUT2D eigenvalue weighted by atomic mass is 16.5. The number of guanidine groups is 1. The van der Waals surface area contributed by atoms with Crippen LogP contribution in [0.15, 0.2) is 17.1 Å². The van der Waals surface area contributed by atoms with Crippen LogP contribution >= 0.6 is 0 Å². The second-order valence-electron chi connectivity index (χ2n) is 6.86. The number of nitrogens with one attached hydrogen (secondary N) is 1. The van der Waals surface area contributed by atoms with Gasteiger partial charge in [-0.15, -0.1) is 0 Å². The molecule has 0 bridgehead atoms. The van der Waals surface area contributed by atoms with E-state index in [0.717, 1.165) is 45.9 Å². The van der Waals surface area contributed by atoms with Crippen molar-refractivity contribution in [3.8, 4) is 11.5 Å². The Balaban J connectivity index is 1.75. The molecule has 0 spiro atoms. The number of nitrogens with zero attached hydrogens (tertiary/aromatic N) is 5. The number of ether oxygens (including phenoxy) is 2. The van der Waals surface area contributed by atoms with E-state index in [0.29, 0.717) is 25.1 Å². The predicted octanol–water partition coefficient (Wildman–Crippen LogP) is 1.84. The molecule has 3 aromatic rings. The minimum atomic E-state index is -0.343. The first-order valence-corrected chi connectivity index (χ1v) is 8.95. The Morgan fingerprint density at radius 1 is 1.19 bits per heavy atom. The number of benzene rings is 1. The third kappa shape index (κ3) is 2.34. The first-order chi connectivity index (χ1) is 13.0. The molecule has 2 aliphatic heterocycles. The van der Waals surface area contributed by atoms with E-state index in [1.807, 2.05) is 42.3 Å². The lowest BCUT2D eigenvalue weighted by atomic mass is 10.1. The van der Waals surface area contributed by atoms with Crippen LogP contribution in [0.2, 0.25) is 0 Å². The fraction of sp³-hybridized carbons (Fsp3) is 0.389. The fourth-order valence-electron chi connectivity index (χ4n) is 3.78. The Labute approximate surface area is 155 Å². The molecule has 3 N–H and O–H groups in total. The monoisotopic (exact) mass is 367 g/mol. The lowest BCUT2D eigenvalue weighted by Gasteiger charge is -2.24. The van der Waals surface area contributed by atoms with E-state index in [9.17, 15) is 0 Å². The maximum atomic E-state index is 6.06. The lowest BCUT2D eigenvalue weighted by molar-refractivity contribution is 0.297. The van der Waals surface area contributed by atoms with E-state index < -0.39 is 0 Å². The van der Waals surface area contributed by atoms with Crippen LogP contribution in [0.3, 0.4) is 0 Å². The molecule has 9 heteroatoms. The molecule has 0 unspecified atom stereocenters. The Kier molecular flexibility index (Phi) is 3.33. The van der Waals surface area contributed by atoms with Crippen molar-refractivity contribution in [2.45, 2.75) is 26.4 Å². The number of nitrogens with two attached hydrogens (primary N) is 1. The van der Waals surface area contributed by atoms with Crippen molar-refractivity contribution < 1.29 is 9.47 Å². The third-order valence-electron chi connectivity index (χ3n) is 5.13. The lowest BCUT2D eigenvalue weighted by Crippen LogP contribution is -2.31. The second-order valence-corrected chi connectivity index (χ2v) is 6.86. The number of aromatic nitrogens is 4. The Hall–Kier alpha value is -3.23. The van der Waals surface area contributed by atoms with Crippen molar-refractivity contribution in [2.75, 3.05) is 18.5 Å². The molecule has 140 valence electrons. The molecule has 27 heavy (non-hydrogen) atoms. The summed E-state index contributed by atoms with van der Waals surface area (Å²) in [5.74, 6) is 2.42. The zero-order valence-corrected chi connectivity index (χ0v) is 15.5. The molecule has 0 saturated carbocycles. The Morgan fingerprint density at radius 2 is 1.93 bits per heavy atom. The van der Waals surface area contributed by atoms with Crippen LogP contribution < -0.4 is 20.5 Å². The van der Waals surface area contributed by atoms with E-state index >= 15 is 0 Å². The number of aliphatic imine (C=N–C) groups is 1. The molecule has 2 aliphatic rings. The first kappa shape index (κ1) is 16.0. The molecule has 0 fully saturated rings. The Morgan fingerprint density at radius 3 is 2.63 bits per heavy atom. The van der Waals surface area contributed by atoms with Crippen molar-refractivity contribution in [3.63, 3.8) is 0 Å². The van der Waals surface area contributed by atoms with Gasteiger partial charge in [-0.3, -0.25) is 14.6 Å². The molecule has 1 aromatic carbocycles. The van der Waals surface area contributed by atoms with Crippen LogP contribution in [0.25, 0.3) is 11.0 Å². The van der Waals surface area contributed by atoms with Crippen LogP contribution in [0, 0.1) is 13.8 Å². The van der Waals surface area contributed by atoms with Gasteiger partial charge in [-0.1, -0.05) is 0 Å². The normalized spacial score (nSPS) is 18.6. The molecular weight excluding hydrogens is 346 g/mol. The number of imidazole rings is 1. The van der Waals surface area contributed by atoms with Gasteiger partial charge in [-0.2, -0.15) is 5.10 Å². The van der Waals surface area contributed by atoms with Gasteiger partial charge in [0.15, 0.2) is 23.6 Å². The maximum absolute atomic E-state index is 6.06. The largest absolute Gasteiger partial charge is 0.489 e. The Bertz CT molecular complexity index is 1100. The third-order valence-corrected chi connectivity index (χ3v) is 5.13. The van der Waals surface area contributed by atoms with Gasteiger partial charge >= 0.3 is 0 Å². The van der Waals surface area contributed by atoms with Crippen LogP contribution in [-0.4, -0.2) is 38.5 Å². The fourth-order valence-corrected chi connectivity index (χ4v) is 3.78. The summed E-state index contributed by atoms with van der Waals surface area (Å²) in [5, 5.41) is 7.61. The minimum absolute atomic E-state index is 0.333. The van der Waals surface area contributed by atoms with Gasteiger partial charge in [0.1, 0.15) is 0 Å². The molecule has 5 rings (SSSR count). The SMILES string of the molecule is Cc1nn(C)c(C)c1[C@@H]1N=C(N)Nc2nc3cc4c(cc3n21)OCCCO4. The number of fused-ring (bicyclic) bond motifs is 4. The summed E-state index contributed by atoms with van der Waals surface area (Å²) in [6, 6.07) is 3.89. The number of anilines is 1. The minimum Gasteiger partial charge on any atom is -0.489 e. The molecule has 0 saturated heterocycles. The number of hydrogen-bond donors (Lipinski definition) is 2. The number of hydrogen-bond acceptors (Lipinski definition) is 7. The van der Waals surface area contributed by atoms with Crippen molar-refractivity contribution >= 4 is 22.9 Å². The van der Waals surface area contributed by atoms with E-state index in [1.54, 1.807) is 0 Å². The quantitative estimate of drug-likeness (QED) is 0.680. The number of rotatable bonds is 1. The van der Waals surface area contributed by atoms with Crippen molar-refractivity contribution in [1.29, 1.82) is 0 Å². The topological polar surface area (TPSA) is 105 Å². The molecule has 4 heterocycles. The smallest absolute Gasteiger partial charge is 0.212 e. The van der Waals surface area contributed by atoms with Gasteiger partial charge in [0.2, 0.25) is 5.95 Å². The van der Waals surface area contributed by atoms with Gasteiger partial charge < -0.3 is 15.2 Å². The summed E-state index contributed by atoms with van der Waals surface area (Å²) in [6.07, 6.45) is 0.515. The molecule has 1 atom stereocenters. The van der Waals surface area contributed by atoms with E-state index in [1.165, 1.54) is 0 Å². The van der Waals surface area contributed by atoms with Gasteiger partial charge in [0.05, 0.1) is 29.9 Å². The average Bonchev–Trinajstić information content (AvgIpc) is 2.97. The summed E-state index contributed by atoms with van der Waals surface area (Å²) in [6.45, 7) is 5.28. The first-order valence-electron chi connectivity index (χ1n) is 8.95. The molecular formula is C18H21N7O2. The van der Waals surface area contributed by atoms with Crippen LogP contribution in [0.4, 0.5) is 5.95 Å². The predicted molar refractivity (Wildman–Crippen MR) is 101 cm³/mol. The standard InChI is InChI=1S/C18H21N7O2/c1-9-15(10(2)24(3)23-9)16-21-17(19)22-18-20-11-7-13-14(8-12(11)25(16)18)27-6-4-5-26-13/h7-8,16H,4-6H2,1-3H3,(H3,19,20,21,22)/t16-/m1/s1. The van der Waals surface area contributed by atoms with E-state index in [2.05, 4.69) is 15.4 Å². The van der Waals surface area contributed by atoms with Crippen molar-refractivity contribution in [2.24, 2.45) is 17.8 Å². The average molecular weight is 367 g/mol. The summed E-state index contributed by atoms with van der Waals surface area (Å²) in [4.78, 5) is 9.38. The highest BCUT2D eigenvalue weighted by Gasteiger charge is 2.30. The molecule has 0 radical (unpaired) electrons. The van der Waals surface area contributed by atoms with E-state index in [4.69, 9.17) is 20.2 Å². The maximum Gasteiger partial charge on any atom is 0.212 e. The zero-order chi connectivity index (χ0) is 18.7. The zero-order valence-electron chi connectivity index (χ0n) is 15.5. The summed E-state index contributed by atoms with van der Waals surface area (Å²) in [5.41, 5.74) is 10.7.